The highest BCUT2D eigenvalue weighted by atomic mass is 16.5. The number of hydrogen-bond donors (Lipinski definition) is 1. The standard InChI is InChI=1S/C17H26O5/c1-14(22-15(2)18)10-6-4-5-7-11-16(19)12-8-9-13-17(20)21-3/h5,7-9,12-14,16,19H,4,6,10-11H2,1-3H3. The molecular weight excluding hydrogens is 284 g/mol. The second-order valence-corrected chi connectivity index (χ2v) is 4.89. The highest BCUT2D eigenvalue weighted by Crippen LogP contribution is 2.06. The van der Waals surface area contributed by atoms with E-state index in [0.717, 1.165) is 19.3 Å². The van der Waals surface area contributed by atoms with E-state index in [1.165, 1.54) is 26.2 Å². The number of rotatable bonds is 10. The number of aliphatic hydroxyl groups excluding tert-OH is 1. The van der Waals surface area contributed by atoms with Gasteiger partial charge in [-0.3, -0.25) is 4.79 Å². The highest BCUT2D eigenvalue weighted by Gasteiger charge is 2.03. The van der Waals surface area contributed by atoms with Crippen LogP contribution in [0.3, 0.4) is 0 Å². The number of carbonyl (C=O) groups excluding carboxylic acids is 2. The fraction of sp³-hybridized carbons (Fsp3) is 0.529. The quantitative estimate of drug-likeness (QED) is 0.221. The van der Waals surface area contributed by atoms with Gasteiger partial charge in [0.2, 0.25) is 0 Å². The molecule has 0 rings (SSSR count). The SMILES string of the molecule is COC(=O)C=CC=CC(O)CC=CCCCC(C)OC(C)=O. The van der Waals surface area contributed by atoms with Gasteiger partial charge in [-0.1, -0.05) is 30.4 Å². The molecule has 124 valence electrons. The van der Waals surface area contributed by atoms with Crippen LogP contribution in [0.15, 0.2) is 36.5 Å². The van der Waals surface area contributed by atoms with Gasteiger partial charge in [-0.05, 0) is 32.6 Å². The molecule has 0 radical (unpaired) electrons. The van der Waals surface area contributed by atoms with Crippen LogP contribution in [0.4, 0.5) is 0 Å². The van der Waals surface area contributed by atoms with Gasteiger partial charge < -0.3 is 14.6 Å². The number of carbonyl (C=O) groups is 2. The van der Waals surface area contributed by atoms with Gasteiger partial charge in [0.1, 0.15) is 0 Å². The molecule has 0 aromatic heterocycles. The van der Waals surface area contributed by atoms with Crippen LogP contribution in [0.5, 0.6) is 0 Å². The minimum Gasteiger partial charge on any atom is -0.466 e. The van der Waals surface area contributed by atoms with Crippen LogP contribution in [0.2, 0.25) is 0 Å². The third-order valence-electron chi connectivity index (χ3n) is 2.77. The van der Waals surface area contributed by atoms with E-state index >= 15 is 0 Å². The molecule has 0 aliphatic rings. The Morgan fingerprint density at radius 3 is 2.59 bits per heavy atom. The van der Waals surface area contributed by atoms with Crippen molar-refractivity contribution in [2.24, 2.45) is 0 Å². The van der Waals surface area contributed by atoms with Gasteiger partial charge in [0.05, 0.1) is 19.3 Å². The summed E-state index contributed by atoms with van der Waals surface area (Å²) in [5.74, 6) is -0.679. The third-order valence-corrected chi connectivity index (χ3v) is 2.77. The van der Waals surface area contributed by atoms with Crippen molar-refractivity contribution in [3.05, 3.63) is 36.5 Å². The smallest absolute Gasteiger partial charge is 0.330 e. The lowest BCUT2D eigenvalue weighted by Gasteiger charge is -2.10. The zero-order valence-corrected chi connectivity index (χ0v) is 13.5. The van der Waals surface area contributed by atoms with E-state index in [4.69, 9.17) is 4.74 Å². The fourth-order valence-corrected chi connectivity index (χ4v) is 1.69. The van der Waals surface area contributed by atoms with Crippen molar-refractivity contribution in [3.8, 4) is 0 Å². The first kappa shape index (κ1) is 20.1. The minimum absolute atomic E-state index is 0.0546. The Morgan fingerprint density at radius 2 is 1.95 bits per heavy atom. The van der Waals surface area contributed by atoms with Crippen molar-refractivity contribution in [2.75, 3.05) is 7.11 Å². The maximum Gasteiger partial charge on any atom is 0.330 e. The third kappa shape index (κ3) is 13.1. The first-order chi connectivity index (χ1) is 10.5. The summed E-state index contributed by atoms with van der Waals surface area (Å²) in [5, 5.41) is 9.67. The van der Waals surface area contributed by atoms with E-state index in [0.29, 0.717) is 6.42 Å². The average molecular weight is 310 g/mol. The molecule has 0 aromatic rings. The maximum atomic E-state index is 10.8. The number of ether oxygens (including phenoxy) is 2. The van der Waals surface area contributed by atoms with E-state index in [-0.39, 0.29) is 12.1 Å². The summed E-state index contributed by atoms with van der Waals surface area (Å²) in [6.07, 6.45) is 12.4. The van der Waals surface area contributed by atoms with Crippen LogP contribution >= 0.6 is 0 Å². The number of esters is 2. The molecule has 2 atom stereocenters. The van der Waals surface area contributed by atoms with Gasteiger partial charge in [-0.2, -0.15) is 0 Å². The Bertz CT molecular complexity index is 409. The average Bonchev–Trinajstić information content (AvgIpc) is 2.46. The lowest BCUT2D eigenvalue weighted by Crippen LogP contribution is -2.11. The molecule has 0 aliphatic heterocycles. The summed E-state index contributed by atoms with van der Waals surface area (Å²) in [6, 6.07) is 0. The molecule has 0 aromatic carbocycles. The Balaban J connectivity index is 3.75. The monoisotopic (exact) mass is 310 g/mol. The van der Waals surface area contributed by atoms with Gasteiger partial charge >= 0.3 is 11.9 Å². The Hall–Kier alpha value is -1.88. The van der Waals surface area contributed by atoms with Crippen LogP contribution in [-0.2, 0) is 19.1 Å². The summed E-state index contributed by atoms with van der Waals surface area (Å²) in [4.78, 5) is 21.5. The fourth-order valence-electron chi connectivity index (χ4n) is 1.69. The largest absolute Gasteiger partial charge is 0.466 e. The molecule has 5 nitrogen and oxygen atoms in total. The van der Waals surface area contributed by atoms with Crippen molar-refractivity contribution in [1.82, 2.24) is 0 Å². The molecule has 0 amide bonds. The molecule has 1 N–H and O–H groups in total. The zero-order chi connectivity index (χ0) is 16.8. The molecule has 5 heteroatoms. The van der Waals surface area contributed by atoms with E-state index in [1.807, 2.05) is 19.1 Å². The Morgan fingerprint density at radius 1 is 1.23 bits per heavy atom. The van der Waals surface area contributed by atoms with E-state index in [1.54, 1.807) is 12.2 Å². The predicted octanol–water partition coefficient (Wildman–Crippen LogP) is 2.70. The second-order valence-electron chi connectivity index (χ2n) is 4.89. The number of aliphatic hydroxyl groups is 1. The lowest BCUT2D eigenvalue weighted by molar-refractivity contribution is -0.145. The van der Waals surface area contributed by atoms with Crippen LogP contribution in [0, 0.1) is 0 Å². The summed E-state index contributed by atoms with van der Waals surface area (Å²) >= 11 is 0. The molecule has 0 saturated carbocycles. The van der Waals surface area contributed by atoms with E-state index in [2.05, 4.69) is 4.74 Å². The molecule has 0 spiro atoms. The topological polar surface area (TPSA) is 72.8 Å². The van der Waals surface area contributed by atoms with Crippen molar-refractivity contribution in [1.29, 1.82) is 0 Å². The van der Waals surface area contributed by atoms with Crippen LogP contribution in [0.1, 0.15) is 39.5 Å². The number of unbranched alkanes of at least 4 members (excludes halogenated alkanes) is 1. The normalized spacial score (nSPS) is 14.5. The number of allylic oxidation sites excluding steroid dienone is 3. The first-order valence-corrected chi connectivity index (χ1v) is 7.38. The molecule has 0 aliphatic carbocycles. The van der Waals surface area contributed by atoms with Crippen molar-refractivity contribution in [3.63, 3.8) is 0 Å². The molecular formula is C17H26O5. The van der Waals surface area contributed by atoms with Crippen LogP contribution in [0.25, 0.3) is 0 Å². The van der Waals surface area contributed by atoms with E-state index in [9.17, 15) is 14.7 Å². The predicted molar refractivity (Wildman–Crippen MR) is 85.1 cm³/mol. The van der Waals surface area contributed by atoms with Crippen LogP contribution in [-0.4, -0.2) is 36.4 Å². The summed E-state index contributed by atoms with van der Waals surface area (Å²) in [7, 11) is 1.31. The van der Waals surface area contributed by atoms with Crippen LogP contribution < -0.4 is 0 Å². The number of hydrogen-bond acceptors (Lipinski definition) is 5. The lowest BCUT2D eigenvalue weighted by atomic mass is 10.1. The molecule has 2 unspecified atom stereocenters. The summed E-state index contributed by atoms with van der Waals surface area (Å²) < 4.78 is 9.46. The zero-order valence-electron chi connectivity index (χ0n) is 13.5. The molecule has 0 saturated heterocycles. The molecule has 0 bridgehead atoms. The van der Waals surface area contributed by atoms with Gasteiger partial charge in [-0.25, -0.2) is 4.79 Å². The molecule has 22 heavy (non-hydrogen) atoms. The van der Waals surface area contributed by atoms with Gasteiger partial charge in [0.15, 0.2) is 0 Å². The van der Waals surface area contributed by atoms with Crippen molar-refractivity contribution >= 4 is 11.9 Å². The maximum absolute atomic E-state index is 10.8. The summed E-state index contributed by atoms with van der Waals surface area (Å²) in [6.45, 7) is 3.28. The summed E-state index contributed by atoms with van der Waals surface area (Å²) in [5.41, 5.74) is 0. The molecule has 0 heterocycles. The first-order valence-electron chi connectivity index (χ1n) is 7.38. The number of methoxy groups -OCH3 is 1. The highest BCUT2D eigenvalue weighted by molar-refractivity contribution is 5.82. The van der Waals surface area contributed by atoms with Crippen molar-refractivity contribution < 1.29 is 24.2 Å². The van der Waals surface area contributed by atoms with Crippen molar-refractivity contribution in [2.45, 2.75) is 51.7 Å². The van der Waals surface area contributed by atoms with Gasteiger partial charge in [0.25, 0.3) is 0 Å². The van der Waals surface area contributed by atoms with Gasteiger partial charge in [0, 0.05) is 13.0 Å². The minimum atomic E-state index is -0.585. The Kier molecular flexibility index (Phi) is 11.7. The second kappa shape index (κ2) is 12.8. The molecule has 0 fully saturated rings. The Labute approximate surface area is 132 Å². The van der Waals surface area contributed by atoms with Gasteiger partial charge in [-0.15, -0.1) is 0 Å². The van der Waals surface area contributed by atoms with E-state index < -0.39 is 12.1 Å².